The van der Waals surface area contributed by atoms with Crippen molar-refractivity contribution in [2.75, 3.05) is 16.6 Å². The predicted molar refractivity (Wildman–Crippen MR) is 63.2 cm³/mol. The van der Waals surface area contributed by atoms with Gasteiger partial charge >= 0.3 is 0 Å². The molecule has 0 amide bonds. The van der Waals surface area contributed by atoms with E-state index in [9.17, 15) is 13.5 Å². The minimum absolute atomic E-state index is 0.0521. The first-order valence-corrected chi connectivity index (χ1v) is 6.85. The van der Waals surface area contributed by atoms with E-state index in [1.54, 1.807) is 18.2 Å². The number of rotatable bonds is 2. The standard InChI is InChI=1S/C11H12N2O3S/c12-6-8-17(15,16)13-7-2-4-9-3-1-5-10(14)11(9)13/h1,3,5,14H,2,4,7-8H2. The maximum absolute atomic E-state index is 11.9. The molecule has 0 aromatic heterocycles. The Kier molecular flexibility index (Phi) is 2.94. The highest BCUT2D eigenvalue weighted by Crippen LogP contribution is 2.36. The van der Waals surface area contributed by atoms with Crippen LogP contribution in [0.3, 0.4) is 0 Å². The van der Waals surface area contributed by atoms with Crippen molar-refractivity contribution in [1.29, 1.82) is 5.26 Å². The van der Waals surface area contributed by atoms with E-state index < -0.39 is 15.8 Å². The fourth-order valence-electron chi connectivity index (χ4n) is 2.03. The van der Waals surface area contributed by atoms with Gasteiger partial charge in [-0.05, 0) is 24.5 Å². The lowest BCUT2D eigenvalue weighted by Gasteiger charge is -2.30. The first-order chi connectivity index (χ1) is 8.06. The van der Waals surface area contributed by atoms with Crippen molar-refractivity contribution < 1.29 is 13.5 Å². The van der Waals surface area contributed by atoms with E-state index in [0.29, 0.717) is 18.7 Å². The summed E-state index contributed by atoms with van der Waals surface area (Å²) in [5.74, 6) is -0.621. The Morgan fingerprint density at radius 2 is 2.24 bits per heavy atom. The molecule has 0 saturated heterocycles. The third-order valence-electron chi connectivity index (χ3n) is 2.74. The predicted octanol–water partition coefficient (Wildman–Crippen LogP) is 0.998. The summed E-state index contributed by atoms with van der Waals surface area (Å²) < 4.78 is 24.9. The number of para-hydroxylation sites is 1. The first kappa shape index (κ1) is 11.7. The number of aryl methyl sites for hydroxylation is 1. The maximum Gasteiger partial charge on any atom is 0.248 e. The van der Waals surface area contributed by atoms with Crippen LogP contribution in [0.4, 0.5) is 5.69 Å². The molecule has 1 aromatic rings. The second kappa shape index (κ2) is 4.26. The van der Waals surface area contributed by atoms with Crippen molar-refractivity contribution in [2.45, 2.75) is 12.8 Å². The number of phenols is 1. The molecule has 0 fully saturated rings. The van der Waals surface area contributed by atoms with Crippen LogP contribution in [0.25, 0.3) is 0 Å². The van der Waals surface area contributed by atoms with E-state index in [1.807, 2.05) is 0 Å². The van der Waals surface area contributed by atoms with Crippen molar-refractivity contribution in [2.24, 2.45) is 0 Å². The SMILES string of the molecule is N#CCS(=O)(=O)N1CCCc2cccc(O)c21. The van der Waals surface area contributed by atoms with Gasteiger partial charge in [0, 0.05) is 6.54 Å². The smallest absolute Gasteiger partial charge is 0.248 e. The molecule has 5 nitrogen and oxygen atoms in total. The molecule has 0 bridgehead atoms. The van der Waals surface area contributed by atoms with Gasteiger partial charge in [-0.15, -0.1) is 0 Å². The quantitative estimate of drug-likeness (QED) is 0.851. The number of nitriles is 1. The molecule has 90 valence electrons. The molecule has 17 heavy (non-hydrogen) atoms. The third kappa shape index (κ3) is 2.06. The number of phenolic OH excluding ortho intramolecular Hbond substituents is 1. The molecule has 1 aromatic carbocycles. The Morgan fingerprint density at radius 1 is 1.47 bits per heavy atom. The fraction of sp³-hybridized carbons (Fsp3) is 0.364. The summed E-state index contributed by atoms with van der Waals surface area (Å²) in [6, 6.07) is 6.59. The number of fused-ring (bicyclic) bond motifs is 1. The molecule has 0 aliphatic carbocycles. The van der Waals surface area contributed by atoms with Gasteiger partial charge in [-0.3, -0.25) is 4.31 Å². The molecule has 0 unspecified atom stereocenters. The van der Waals surface area contributed by atoms with E-state index in [-0.39, 0.29) is 5.75 Å². The second-order valence-corrected chi connectivity index (χ2v) is 5.77. The molecule has 6 heteroatoms. The number of nitrogens with zero attached hydrogens (tertiary/aromatic N) is 2. The van der Waals surface area contributed by atoms with Crippen LogP contribution in [0.2, 0.25) is 0 Å². The lowest BCUT2D eigenvalue weighted by molar-refractivity contribution is 0.473. The molecule has 1 aliphatic rings. The van der Waals surface area contributed by atoms with Gasteiger partial charge in [0.15, 0.2) is 5.75 Å². The molecular weight excluding hydrogens is 240 g/mol. The Balaban J connectivity index is 2.53. The minimum atomic E-state index is -3.66. The van der Waals surface area contributed by atoms with Crippen LogP contribution in [0.15, 0.2) is 18.2 Å². The molecule has 1 heterocycles. The van der Waals surface area contributed by atoms with Crippen molar-refractivity contribution in [1.82, 2.24) is 0 Å². The number of aromatic hydroxyl groups is 1. The largest absolute Gasteiger partial charge is 0.506 e. The van der Waals surface area contributed by atoms with E-state index in [0.717, 1.165) is 16.3 Å². The normalized spacial score (nSPS) is 15.1. The molecule has 0 atom stereocenters. The molecule has 2 rings (SSSR count). The summed E-state index contributed by atoms with van der Waals surface area (Å²) in [7, 11) is -3.66. The number of sulfonamides is 1. The zero-order valence-corrected chi connectivity index (χ0v) is 9.94. The highest BCUT2D eigenvalue weighted by Gasteiger charge is 2.29. The Labute approximate surface area is 100.0 Å². The van der Waals surface area contributed by atoms with E-state index in [1.165, 1.54) is 6.07 Å². The van der Waals surface area contributed by atoms with Crippen LogP contribution in [-0.2, 0) is 16.4 Å². The van der Waals surface area contributed by atoms with E-state index in [4.69, 9.17) is 5.26 Å². The van der Waals surface area contributed by atoms with Crippen molar-refractivity contribution >= 4 is 15.7 Å². The monoisotopic (exact) mass is 252 g/mol. The Hall–Kier alpha value is -1.74. The zero-order valence-electron chi connectivity index (χ0n) is 9.13. The van der Waals surface area contributed by atoms with Crippen molar-refractivity contribution in [3.8, 4) is 11.8 Å². The van der Waals surface area contributed by atoms with Crippen LogP contribution in [0.1, 0.15) is 12.0 Å². The average molecular weight is 252 g/mol. The topological polar surface area (TPSA) is 81.4 Å². The van der Waals surface area contributed by atoms with Crippen LogP contribution in [0.5, 0.6) is 5.75 Å². The molecule has 1 aliphatic heterocycles. The third-order valence-corrected chi connectivity index (χ3v) is 4.27. The Morgan fingerprint density at radius 3 is 2.94 bits per heavy atom. The number of hydrogen-bond acceptors (Lipinski definition) is 4. The van der Waals surface area contributed by atoms with Gasteiger partial charge in [0.05, 0.1) is 11.8 Å². The number of benzene rings is 1. The summed E-state index contributed by atoms with van der Waals surface area (Å²) in [6.45, 7) is 0.314. The lowest BCUT2D eigenvalue weighted by Crippen LogP contribution is -2.36. The van der Waals surface area contributed by atoms with E-state index >= 15 is 0 Å². The van der Waals surface area contributed by atoms with Crippen molar-refractivity contribution in [3.05, 3.63) is 23.8 Å². The molecule has 0 spiro atoms. The van der Waals surface area contributed by atoms with E-state index in [2.05, 4.69) is 0 Å². The first-order valence-electron chi connectivity index (χ1n) is 5.24. The minimum Gasteiger partial charge on any atom is -0.506 e. The molecule has 0 saturated carbocycles. The van der Waals surface area contributed by atoms with Crippen LogP contribution in [-0.4, -0.2) is 25.8 Å². The fourth-order valence-corrected chi connectivity index (χ4v) is 3.25. The van der Waals surface area contributed by atoms with Gasteiger partial charge in [0.2, 0.25) is 10.0 Å². The summed E-state index contributed by atoms with van der Waals surface area (Å²) in [4.78, 5) is 0. The van der Waals surface area contributed by atoms with Crippen LogP contribution in [0, 0.1) is 11.3 Å². The highest BCUT2D eigenvalue weighted by molar-refractivity contribution is 7.93. The summed E-state index contributed by atoms with van der Waals surface area (Å²) in [6.07, 6.45) is 1.43. The van der Waals surface area contributed by atoms with Crippen LogP contribution >= 0.6 is 0 Å². The molecule has 0 radical (unpaired) electrons. The lowest BCUT2D eigenvalue weighted by atomic mass is 10.0. The zero-order chi connectivity index (χ0) is 12.5. The molecule has 1 N–H and O–H groups in total. The van der Waals surface area contributed by atoms with Gasteiger partial charge in [0.25, 0.3) is 0 Å². The highest BCUT2D eigenvalue weighted by atomic mass is 32.2. The van der Waals surface area contributed by atoms with Gasteiger partial charge in [-0.2, -0.15) is 5.26 Å². The average Bonchev–Trinajstić information content (AvgIpc) is 2.28. The Bertz CT molecular complexity index is 575. The molecular formula is C11H12N2O3S. The number of hydrogen-bond donors (Lipinski definition) is 1. The maximum atomic E-state index is 11.9. The van der Waals surface area contributed by atoms with Gasteiger partial charge < -0.3 is 5.11 Å². The van der Waals surface area contributed by atoms with Gasteiger partial charge in [-0.1, -0.05) is 12.1 Å². The second-order valence-electron chi connectivity index (χ2n) is 3.87. The number of anilines is 1. The van der Waals surface area contributed by atoms with Crippen LogP contribution < -0.4 is 4.31 Å². The van der Waals surface area contributed by atoms with Gasteiger partial charge in [0.1, 0.15) is 5.75 Å². The summed E-state index contributed by atoms with van der Waals surface area (Å²) in [5.41, 5.74) is 1.13. The summed E-state index contributed by atoms with van der Waals surface area (Å²) in [5, 5.41) is 18.3. The van der Waals surface area contributed by atoms with Crippen molar-refractivity contribution in [3.63, 3.8) is 0 Å². The summed E-state index contributed by atoms with van der Waals surface area (Å²) >= 11 is 0. The van der Waals surface area contributed by atoms with Gasteiger partial charge in [-0.25, -0.2) is 8.42 Å².